The van der Waals surface area contributed by atoms with Gasteiger partial charge in [0.25, 0.3) is 0 Å². The second kappa shape index (κ2) is 7.25. The van der Waals surface area contributed by atoms with E-state index >= 15 is 0 Å². The molecule has 0 bridgehead atoms. The Morgan fingerprint density at radius 3 is 2.58 bits per heavy atom. The maximum absolute atomic E-state index is 12.1. The number of nitrogens with zero attached hydrogens (tertiary/aromatic N) is 2. The number of nitrogens with one attached hydrogen (secondary N) is 1. The van der Waals surface area contributed by atoms with Gasteiger partial charge in [-0.1, -0.05) is 6.42 Å². The summed E-state index contributed by atoms with van der Waals surface area (Å²) in [6.07, 6.45) is 6.43. The number of likely N-dealkylation sites (tertiary alicyclic amines) is 1. The highest BCUT2D eigenvalue weighted by molar-refractivity contribution is 5.78. The Kier molecular flexibility index (Phi) is 5.64. The smallest absolute Gasteiger partial charge is 0.236 e. The lowest BCUT2D eigenvalue weighted by molar-refractivity contribution is -0.130. The third kappa shape index (κ3) is 4.46. The minimum atomic E-state index is 0.274. The first-order chi connectivity index (χ1) is 9.22. The van der Waals surface area contributed by atoms with Crippen LogP contribution in [0, 0.1) is 0 Å². The van der Waals surface area contributed by atoms with Crippen LogP contribution in [-0.2, 0) is 4.79 Å². The molecule has 2 aliphatic rings. The second-order valence-electron chi connectivity index (χ2n) is 5.99. The average molecular weight is 267 g/mol. The Bertz CT molecular complexity index is 285. The molecule has 1 heterocycles. The van der Waals surface area contributed by atoms with E-state index in [1.54, 1.807) is 0 Å². The number of rotatable bonds is 7. The Morgan fingerprint density at radius 1 is 1.32 bits per heavy atom. The molecule has 4 heteroatoms. The summed E-state index contributed by atoms with van der Waals surface area (Å²) in [5.41, 5.74) is 0. The Hall–Kier alpha value is -0.610. The molecule has 2 fully saturated rings. The van der Waals surface area contributed by atoms with Gasteiger partial charge in [-0.3, -0.25) is 9.69 Å². The minimum Gasteiger partial charge on any atom is -0.339 e. The predicted octanol–water partition coefficient (Wildman–Crippen LogP) is 1.46. The molecule has 4 nitrogen and oxygen atoms in total. The van der Waals surface area contributed by atoms with E-state index in [-0.39, 0.29) is 5.91 Å². The van der Waals surface area contributed by atoms with E-state index in [9.17, 15) is 4.79 Å². The van der Waals surface area contributed by atoms with Crippen molar-refractivity contribution in [1.29, 1.82) is 0 Å². The molecule has 1 aliphatic heterocycles. The molecule has 0 aromatic heterocycles. The lowest BCUT2D eigenvalue weighted by Gasteiger charge is -2.32. The Labute approximate surface area is 117 Å². The number of amides is 1. The molecular formula is C15H29N3O. The largest absolute Gasteiger partial charge is 0.339 e. The molecule has 0 aromatic rings. The van der Waals surface area contributed by atoms with Crippen molar-refractivity contribution in [3.8, 4) is 0 Å². The van der Waals surface area contributed by atoms with Crippen molar-refractivity contribution in [1.82, 2.24) is 15.1 Å². The van der Waals surface area contributed by atoms with Crippen LogP contribution in [-0.4, -0.2) is 60.5 Å². The molecule has 1 saturated heterocycles. The molecule has 1 atom stereocenters. The molecule has 2 rings (SSSR count). The number of hydrogen-bond donors (Lipinski definition) is 1. The van der Waals surface area contributed by atoms with Gasteiger partial charge in [-0.2, -0.15) is 0 Å². The molecule has 1 N–H and O–H groups in total. The molecule has 1 unspecified atom stereocenters. The molecule has 0 aromatic carbocycles. The SMILES string of the molecule is CCN(C(=O)CNCC(C)N1CCCCC1)C1CC1. The molecule has 1 aliphatic carbocycles. The monoisotopic (exact) mass is 267 g/mol. The van der Waals surface area contributed by atoms with E-state index in [0.717, 1.165) is 13.1 Å². The van der Waals surface area contributed by atoms with Crippen molar-refractivity contribution in [3.05, 3.63) is 0 Å². The zero-order valence-corrected chi connectivity index (χ0v) is 12.5. The van der Waals surface area contributed by atoms with E-state index in [4.69, 9.17) is 0 Å². The maximum atomic E-state index is 12.1. The molecule has 0 radical (unpaired) electrons. The van der Waals surface area contributed by atoms with Gasteiger partial charge in [-0.05, 0) is 52.6 Å². The third-order valence-electron chi connectivity index (χ3n) is 4.38. The van der Waals surface area contributed by atoms with Crippen LogP contribution in [0.4, 0.5) is 0 Å². The van der Waals surface area contributed by atoms with Crippen molar-refractivity contribution in [2.24, 2.45) is 0 Å². The molecule has 0 spiro atoms. The highest BCUT2D eigenvalue weighted by atomic mass is 16.2. The van der Waals surface area contributed by atoms with Crippen LogP contribution in [0.5, 0.6) is 0 Å². The average Bonchev–Trinajstić information content (AvgIpc) is 3.25. The summed E-state index contributed by atoms with van der Waals surface area (Å²) in [6, 6.07) is 1.09. The van der Waals surface area contributed by atoms with Crippen molar-refractivity contribution in [2.75, 3.05) is 32.7 Å². The summed E-state index contributed by atoms with van der Waals surface area (Å²) in [6.45, 7) is 9.07. The highest BCUT2D eigenvalue weighted by Crippen LogP contribution is 2.26. The summed E-state index contributed by atoms with van der Waals surface area (Å²) >= 11 is 0. The van der Waals surface area contributed by atoms with E-state index in [1.807, 2.05) is 4.90 Å². The van der Waals surface area contributed by atoms with Crippen LogP contribution < -0.4 is 5.32 Å². The number of hydrogen-bond acceptors (Lipinski definition) is 3. The molecule has 110 valence electrons. The summed E-state index contributed by atoms with van der Waals surface area (Å²) in [7, 11) is 0. The van der Waals surface area contributed by atoms with Crippen LogP contribution in [0.25, 0.3) is 0 Å². The second-order valence-corrected chi connectivity index (χ2v) is 5.99. The van der Waals surface area contributed by atoms with Crippen LogP contribution in [0.2, 0.25) is 0 Å². The van der Waals surface area contributed by atoms with Gasteiger partial charge in [-0.25, -0.2) is 0 Å². The molecular weight excluding hydrogens is 238 g/mol. The molecule has 19 heavy (non-hydrogen) atoms. The number of piperidine rings is 1. The number of carbonyl (C=O) groups excluding carboxylic acids is 1. The Balaban J connectivity index is 1.63. The van der Waals surface area contributed by atoms with Gasteiger partial charge in [0.2, 0.25) is 5.91 Å². The fraction of sp³-hybridized carbons (Fsp3) is 0.933. The summed E-state index contributed by atoms with van der Waals surface area (Å²) in [5.74, 6) is 0.274. The summed E-state index contributed by atoms with van der Waals surface area (Å²) in [5, 5.41) is 3.35. The van der Waals surface area contributed by atoms with Gasteiger partial charge in [0, 0.05) is 25.2 Å². The van der Waals surface area contributed by atoms with E-state index in [2.05, 4.69) is 24.1 Å². The predicted molar refractivity (Wildman–Crippen MR) is 78.2 cm³/mol. The van der Waals surface area contributed by atoms with Gasteiger partial charge in [0.15, 0.2) is 0 Å². The molecule has 1 amide bonds. The van der Waals surface area contributed by atoms with Crippen molar-refractivity contribution < 1.29 is 4.79 Å². The summed E-state index contributed by atoms with van der Waals surface area (Å²) in [4.78, 5) is 16.6. The van der Waals surface area contributed by atoms with Crippen LogP contribution >= 0.6 is 0 Å². The highest BCUT2D eigenvalue weighted by Gasteiger charge is 2.30. The number of carbonyl (C=O) groups is 1. The fourth-order valence-corrected chi connectivity index (χ4v) is 3.00. The third-order valence-corrected chi connectivity index (χ3v) is 4.38. The first-order valence-electron chi connectivity index (χ1n) is 7.96. The van der Waals surface area contributed by atoms with Crippen LogP contribution in [0.3, 0.4) is 0 Å². The maximum Gasteiger partial charge on any atom is 0.236 e. The lowest BCUT2D eigenvalue weighted by atomic mass is 10.1. The van der Waals surface area contributed by atoms with Gasteiger partial charge in [-0.15, -0.1) is 0 Å². The zero-order valence-electron chi connectivity index (χ0n) is 12.5. The fourth-order valence-electron chi connectivity index (χ4n) is 3.00. The van der Waals surface area contributed by atoms with Gasteiger partial charge < -0.3 is 10.2 Å². The first kappa shape index (κ1) is 14.8. The normalized spacial score (nSPS) is 22.2. The standard InChI is InChI=1S/C15H29N3O/c1-3-18(14-7-8-14)15(19)12-16-11-13(2)17-9-5-4-6-10-17/h13-14,16H,3-12H2,1-2H3. The zero-order chi connectivity index (χ0) is 13.7. The van der Waals surface area contributed by atoms with Crippen molar-refractivity contribution in [3.63, 3.8) is 0 Å². The van der Waals surface area contributed by atoms with E-state index < -0.39 is 0 Å². The topological polar surface area (TPSA) is 35.6 Å². The van der Waals surface area contributed by atoms with Crippen molar-refractivity contribution >= 4 is 5.91 Å². The van der Waals surface area contributed by atoms with E-state index in [0.29, 0.717) is 18.6 Å². The van der Waals surface area contributed by atoms with Crippen molar-refractivity contribution in [2.45, 2.75) is 58.0 Å². The first-order valence-corrected chi connectivity index (χ1v) is 7.96. The Morgan fingerprint density at radius 2 is 2.00 bits per heavy atom. The van der Waals surface area contributed by atoms with E-state index in [1.165, 1.54) is 45.2 Å². The van der Waals surface area contributed by atoms with Crippen LogP contribution in [0.15, 0.2) is 0 Å². The number of likely N-dealkylation sites (N-methyl/N-ethyl adjacent to an activating group) is 1. The van der Waals surface area contributed by atoms with Gasteiger partial charge >= 0.3 is 0 Å². The lowest BCUT2D eigenvalue weighted by Crippen LogP contribution is -2.46. The molecule has 1 saturated carbocycles. The van der Waals surface area contributed by atoms with Crippen LogP contribution in [0.1, 0.15) is 46.0 Å². The van der Waals surface area contributed by atoms with Gasteiger partial charge in [0.05, 0.1) is 6.54 Å². The summed E-state index contributed by atoms with van der Waals surface area (Å²) < 4.78 is 0. The minimum absolute atomic E-state index is 0.274. The quantitative estimate of drug-likeness (QED) is 0.758. The van der Waals surface area contributed by atoms with Gasteiger partial charge in [0.1, 0.15) is 0 Å².